The van der Waals surface area contributed by atoms with Gasteiger partial charge < -0.3 is 14.2 Å². The minimum Gasteiger partial charge on any atom is -0.459 e. The van der Waals surface area contributed by atoms with E-state index in [0.29, 0.717) is 5.56 Å². The van der Waals surface area contributed by atoms with Crippen molar-refractivity contribution in [3.63, 3.8) is 0 Å². The van der Waals surface area contributed by atoms with Crippen molar-refractivity contribution in [3.05, 3.63) is 93.3 Å². The maximum atomic E-state index is 15.4. The molecule has 2 aromatic carbocycles. The molecule has 4 rings (SSSR count). The van der Waals surface area contributed by atoms with E-state index >= 15 is 4.39 Å². The SMILES string of the molecule is CC(=O)O[C@H]1[C@H](F)[C@H](n2cc(-c3ccccc3)c(=O)[nH]c2=O)O[C@@H]1COC(=O)c1ccccc1. The number of hydrogen-bond donors (Lipinski definition) is 1. The first-order valence-electron chi connectivity index (χ1n) is 10.4. The third-order valence-corrected chi connectivity index (χ3v) is 5.28. The second kappa shape index (κ2) is 9.84. The van der Waals surface area contributed by atoms with Crippen LogP contribution in [0.4, 0.5) is 4.39 Å². The minimum absolute atomic E-state index is 0.124. The Morgan fingerprint density at radius 2 is 1.71 bits per heavy atom. The molecular weight excluding hydrogens is 447 g/mol. The Bertz CT molecular complexity index is 1290. The van der Waals surface area contributed by atoms with Gasteiger partial charge in [0.2, 0.25) is 0 Å². The van der Waals surface area contributed by atoms with Gasteiger partial charge in [0.25, 0.3) is 5.56 Å². The summed E-state index contributed by atoms with van der Waals surface area (Å²) in [5, 5.41) is 0. The molecule has 0 radical (unpaired) electrons. The third kappa shape index (κ3) is 4.81. The number of rotatable bonds is 6. The van der Waals surface area contributed by atoms with Crippen LogP contribution in [0.2, 0.25) is 0 Å². The number of esters is 2. The number of carbonyl (C=O) groups excluding carboxylic acids is 2. The number of hydrogen-bond acceptors (Lipinski definition) is 7. The van der Waals surface area contributed by atoms with Gasteiger partial charge in [-0.05, 0) is 17.7 Å². The van der Waals surface area contributed by atoms with Crippen LogP contribution in [0, 0.1) is 0 Å². The summed E-state index contributed by atoms with van der Waals surface area (Å²) in [6.07, 6.45) is -4.94. The molecule has 0 amide bonds. The van der Waals surface area contributed by atoms with E-state index in [1.807, 2.05) is 0 Å². The van der Waals surface area contributed by atoms with E-state index in [1.54, 1.807) is 60.7 Å². The molecule has 34 heavy (non-hydrogen) atoms. The highest BCUT2D eigenvalue weighted by Gasteiger charge is 2.49. The fraction of sp³-hybridized carbons (Fsp3) is 0.250. The van der Waals surface area contributed by atoms with Crippen molar-refractivity contribution in [2.24, 2.45) is 0 Å². The lowest BCUT2D eigenvalue weighted by Crippen LogP contribution is -2.38. The Morgan fingerprint density at radius 3 is 2.35 bits per heavy atom. The number of benzene rings is 2. The number of carbonyl (C=O) groups is 2. The zero-order valence-corrected chi connectivity index (χ0v) is 18.1. The van der Waals surface area contributed by atoms with Crippen LogP contribution in [0.1, 0.15) is 23.5 Å². The number of H-pyrrole nitrogens is 1. The van der Waals surface area contributed by atoms with E-state index in [9.17, 15) is 19.2 Å². The van der Waals surface area contributed by atoms with Crippen molar-refractivity contribution in [1.82, 2.24) is 9.55 Å². The molecule has 1 aromatic heterocycles. The van der Waals surface area contributed by atoms with E-state index in [0.717, 1.165) is 11.5 Å². The fourth-order valence-corrected chi connectivity index (χ4v) is 3.70. The molecule has 9 nitrogen and oxygen atoms in total. The molecule has 0 bridgehead atoms. The number of nitrogens with one attached hydrogen (secondary N) is 1. The Kier molecular flexibility index (Phi) is 6.69. The number of nitrogens with zero attached hydrogens (tertiary/aromatic N) is 1. The summed E-state index contributed by atoms with van der Waals surface area (Å²) >= 11 is 0. The third-order valence-electron chi connectivity index (χ3n) is 5.28. The lowest BCUT2D eigenvalue weighted by molar-refractivity contribution is -0.152. The molecule has 2 heterocycles. The summed E-state index contributed by atoms with van der Waals surface area (Å²) in [5.74, 6) is -1.44. The predicted molar refractivity (Wildman–Crippen MR) is 118 cm³/mol. The van der Waals surface area contributed by atoms with Gasteiger partial charge in [0.1, 0.15) is 12.7 Å². The Labute approximate surface area is 192 Å². The van der Waals surface area contributed by atoms with Gasteiger partial charge in [-0.25, -0.2) is 14.0 Å². The average Bonchev–Trinajstić information content (AvgIpc) is 3.13. The van der Waals surface area contributed by atoms with Gasteiger partial charge >= 0.3 is 17.6 Å². The number of ether oxygens (including phenoxy) is 3. The Morgan fingerprint density at radius 1 is 1.06 bits per heavy atom. The zero-order valence-electron chi connectivity index (χ0n) is 18.1. The van der Waals surface area contributed by atoms with Crippen molar-refractivity contribution >= 4 is 11.9 Å². The van der Waals surface area contributed by atoms with Crippen molar-refractivity contribution in [2.75, 3.05) is 6.61 Å². The Balaban J connectivity index is 1.61. The van der Waals surface area contributed by atoms with Crippen LogP contribution >= 0.6 is 0 Å². The zero-order chi connectivity index (χ0) is 24.2. The number of halogens is 1. The van der Waals surface area contributed by atoms with Gasteiger partial charge in [-0.2, -0.15) is 0 Å². The number of alkyl halides is 1. The van der Waals surface area contributed by atoms with E-state index in [4.69, 9.17) is 14.2 Å². The molecule has 0 spiro atoms. The van der Waals surface area contributed by atoms with Crippen molar-refractivity contribution in [2.45, 2.75) is 31.5 Å². The average molecular weight is 468 g/mol. The molecule has 1 saturated heterocycles. The second-order valence-corrected chi connectivity index (χ2v) is 7.62. The topological polar surface area (TPSA) is 117 Å². The summed E-state index contributed by atoms with van der Waals surface area (Å²) in [6.45, 7) is 0.680. The first-order chi connectivity index (χ1) is 16.3. The number of aromatic nitrogens is 2. The van der Waals surface area contributed by atoms with Gasteiger partial charge in [-0.3, -0.25) is 19.1 Å². The molecule has 0 unspecified atom stereocenters. The van der Waals surface area contributed by atoms with E-state index in [-0.39, 0.29) is 11.1 Å². The van der Waals surface area contributed by atoms with Crippen LogP contribution in [-0.2, 0) is 19.0 Å². The molecule has 176 valence electrons. The molecule has 1 N–H and O–H groups in total. The van der Waals surface area contributed by atoms with Gasteiger partial charge in [-0.1, -0.05) is 48.5 Å². The van der Waals surface area contributed by atoms with Crippen LogP contribution in [0.25, 0.3) is 11.1 Å². The van der Waals surface area contributed by atoms with Gasteiger partial charge in [-0.15, -0.1) is 0 Å². The normalized spacial score (nSPS) is 21.7. The molecular formula is C24H21FN2O7. The molecule has 1 aliphatic rings. The van der Waals surface area contributed by atoms with Gasteiger partial charge in [0, 0.05) is 13.1 Å². The maximum absolute atomic E-state index is 15.4. The van der Waals surface area contributed by atoms with E-state index in [1.165, 1.54) is 6.20 Å². The Hall–Kier alpha value is -4.05. The lowest BCUT2D eigenvalue weighted by Gasteiger charge is -2.18. The van der Waals surface area contributed by atoms with Crippen LogP contribution in [0.3, 0.4) is 0 Å². The smallest absolute Gasteiger partial charge is 0.338 e. The maximum Gasteiger partial charge on any atom is 0.338 e. The van der Waals surface area contributed by atoms with Crippen LogP contribution in [-0.4, -0.2) is 46.5 Å². The summed E-state index contributed by atoms with van der Waals surface area (Å²) in [4.78, 5) is 50.9. The van der Waals surface area contributed by atoms with Gasteiger partial charge in [0.05, 0.1) is 11.1 Å². The second-order valence-electron chi connectivity index (χ2n) is 7.62. The summed E-state index contributed by atoms with van der Waals surface area (Å²) in [5.41, 5.74) is -0.636. The predicted octanol–water partition coefficient (Wildman–Crippen LogP) is 2.23. The van der Waals surface area contributed by atoms with E-state index in [2.05, 4.69) is 4.98 Å². The first-order valence-corrected chi connectivity index (χ1v) is 10.4. The highest BCUT2D eigenvalue weighted by atomic mass is 19.1. The summed E-state index contributed by atoms with van der Waals surface area (Å²) in [7, 11) is 0. The largest absolute Gasteiger partial charge is 0.459 e. The monoisotopic (exact) mass is 468 g/mol. The fourth-order valence-electron chi connectivity index (χ4n) is 3.70. The molecule has 10 heteroatoms. The standard InChI is InChI=1S/C24H21FN2O7/c1-14(28)33-20-18(13-32-23(30)16-10-6-3-7-11-16)34-22(19(20)25)27-12-17(21(29)26-24(27)31)15-8-4-2-5-9-15/h2-12,18-20,22H,13H2,1H3,(H,26,29,31)/t18-,19+,20-,22-/m1/s1. The van der Waals surface area contributed by atoms with Crippen LogP contribution in [0.15, 0.2) is 76.4 Å². The molecule has 0 saturated carbocycles. The van der Waals surface area contributed by atoms with Crippen molar-refractivity contribution < 1.29 is 28.2 Å². The van der Waals surface area contributed by atoms with Crippen molar-refractivity contribution in [1.29, 1.82) is 0 Å². The summed E-state index contributed by atoms with van der Waals surface area (Å²) in [6, 6.07) is 16.7. The minimum atomic E-state index is -1.98. The highest BCUT2D eigenvalue weighted by molar-refractivity contribution is 5.89. The molecule has 1 fully saturated rings. The van der Waals surface area contributed by atoms with Crippen molar-refractivity contribution in [3.8, 4) is 11.1 Å². The van der Waals surface area contributed by atoms with E-state index < -0.39 is 54.4 Å². The molecule has 4 atom stereocenters. The molecule has 3 aromatic rings. The lowest BCUT2D eigenvalue weighted by atomic mass is 10.1. The highest BCUT2D eigenvalue weighted by Crippen LogP contribution is 2.34. The van der Waals surface area contributed by atoms with Crippen LogP contribution < -0.4 is 11.2 Å². The molecule has 1 aliphatic heterocycles. The number of aromatic amines is 1. The quantitative estimate of drug-likeness (QED) is 0.552. The van der Waals surface area contributed by atoms with Crippen LogP contribution in [0.5, 0.6) is 0 Å². The molecule has 0 aliphatic carbocycles. The summed E-state index contributed by atoms with van der Waals surface area (Å²) < 4.78 is 32.3. The van der Waals surface area contributed by atoms with Gasteiger partial charge in [0.15, 0.2) is 18.5 Å². The first kappa shape index (κ1) is 23.1.